The first-order valence-corrected chi connectivity index (χ1v) is 12.2. The number of methoxy groups -OCH3 is 1. The number of carboxylic acids is 1. The van der Waals surface area contributed by atoms with E-state index in [2.05, 4.69) is 4.98 Å². The number of aromatic carboxylic acids is 1. The molecule has 1 heterocycles. The molecule has 1 aromatic heterocycles. The third-order valence-corrected chi connectivity index (χ3v) is 6.93. The van der Waals surface area contributed by atoms with Crippen LogP contribution < -0.4 is 9.47 Å². The highest BCUT2D eigenvalue weighted by molar-refractivity contribution is 6.11. The highest BCUT2D eigenvalue weighted by Gasteiger charge is 2.54. The lowest BCUT2D eigenvalue weighted by Gasteiger charge is -2.14. The predicted molar refractivity (Wildman–Crippen MR) is 137 cm³/mol. The van der Waals surface area contributed by atoms with Crippen LogP contribution in [0.15, 0.2) is 66.9 Å². The number of aromatic nitrogens is 1. The number of carbonyl (C=O) groups is 3. The van der Waals surface area contributed by atoms with Gasteiger partial charge in [-0.2, -0.15) is 0 Å². The van der Waals surface area contributed by atoms with Gasteiger partial charge in [-0.05, 0) is 60.4 Å². The molecule has 0 aliphatic heterocycles. The Morgan fingerprint density at radius 2 is 1.54 bits per heavy atom. The second kappa shape index (κ2) is 10.2. The van der Waals surface area contributed by atoms with E-state index in [1.165, 1.54) is 67.9 Å². The summed E-state index contributed by atoms with van der Waals surface area (Å²) in [7, 11) is 1.35. The molecule has 0 amide bonds. The van der Waals surface area contributed by atoms with Gasteiger partial charge in [-0.3, -0.25) is 14.6 Å². The van der Waals surface area contributed by atoms with Gasteiger partial charge in [0.25, 0.3) is 0 Å². The Balaban J connectivity index is 1.32. The second-order valence-electron chi connectivity index (χ2n) is 9.46. The third-order valence-electron chi connectivity index (χ3n) is 6.93. The molecule has 1 N–H and O–H groups in total. The van der Waals surface area contributed by atoms with Gasteiger partial charge in [0.05, 0.1) is 18.0 Å². The molecule has 3 aromatic carbocycles. The number of carboxylic acid groups (broad SMARTS) is 1. The summed E-state index contributed by atoms with van der Waals surface area (Å²) in [5, 5.41) is 9.85. The number of benzene rings is 3. The number of fused-ring (bicyclic) bond motifs is 1. The minimum absolute atomic E-state index is 0.0303. The van der Waals surface area contributed by atoms with Gasteiger partial charge < -0.3 is 14.6 Å². The molecule has 1 saturated carbocycles. The zero-order valence-electron chi connectivity index (χ0n) is 20.9. The van der Waals surface area contributed by atoms with Gasteiger partial charge in [0.1, 0.15) is 22.9 Å². The number of carbonyl (C=O) groups excluding carboxylic acids is 2. The van der Waals surface area contributed by atoms with Gasteiger partial charge in [-0.1, -0.05) is 18.2 Å². The maximum atomic E-state index is 15.0. The van der Waals surface area contributed by atoms with Crippen LogP contribution >= 0.6 is 0 Å². The van der Waals surface area contributed by atoms with Gasteiger partial charge >= 0.3 is 5.97 Å². The number of rotatable bonds is 10. The summed E-state index contributed by atoms with van der Waals surface area (Å²) in [6, 6.07) is 14.0. The lowest BCUT2D eigenvalue weighted by molar-refractivity contribution is -0.133. The molecular weight excluding hydrogens is 508 g/mol. The molecule has 198 valence electrons. The van der Waals surface area contributed by atoms with E-state index in [9.17, 15) is 23.9 Å². The molecular formula is C30H23F2NO6. The van der Waals surface area contributed by atoms with Crippen molar-refractivity contribution in [3.63, 3.8) is 0 Å². The Bertz CT molecular complexity index is 1610. The van der Waals surface area contributed by atoms with E-state index in [1.807, 2.05) is 0 Å². The number of ketones is 2. The maximum absolute atomic E-state index is 15.0. The maximum Gasteiger partial charge on any atom is 0.339 e. The average molecular weight is 532 g/mol. The SMILES string of the molecule is COc1cc2nccc(Oc3ccc(CC(=O)C4(C(=O)Cc5ccc(F)cc5)CC4)cc3F)c2cc1C(=O)O. The molecule has 0 spiro atoms. The third kappa shape index (κ3) is 5.20. The number of Topliss-reactive ketones (excluding diaryl/α,β-unsaturated/α-hetero) is 2. The standard InChI is InChI=1S/C30H23F2NO6/c1-38-26-16-23-20(15-21(26)29(36)37)24(8-11-33-23)39-25-7-4-18(12-22(25)32)14-28(35)30(9-10-30)27(34)13-17-2-5-19(31)6-3-17/h2-8,11-12,15-16H,9-10,13-14H2,1H3,(H,36,37). The number of ether oxygens (including phenoxy) is 2. The Kier molecular flexibility index (Phi) is 6.82. The minimum Gasteiger partial charge on any atom is -0.496 e. The summed E-state index contributed by atoms with van der Waals surface area (Å²) in [5.41, 5.74) is 0.241. The van der Waals surface area contributed by atoms with E-state index in [0.717, 1.165) is 0 Å². The smallest absolute Gasteiger partial charge is 0.339 e. The van der Waals surface area contributed by atoms with Gasteiger partial charge in [0.15, 0.2) is 23.1 Å². The van der Waals surface area contributed by atoms with Crippen LogP contribution in [0.4, 0.5) is 8.78 Å². The highest BCUT2D eigenvalue weighted by Crippen LogP contribution is 2.49. The Morgan fingerprint density at radius 3 is 2.15 bits per heavy atom. The normalized spacial score (nSPS) is 13.6. The second-order valence-corrected chi connectivity index (χ2v) is 9.46. The van der Waals surface area contributed by atoms with Crippen LogP contribution in [0.3, 0.4) is 0 Å². The van der Waals surface area contributed by atoms with Crippen LogP contribution in [0.5, 0.6) is 17.2 Å². The summed E-state index contributed by atoms with van der Waals surface area (Å²) < 4.78 is 39.1. The summed E-state index contributed by atoms with van der Waals surface area (Å²) in [5.74, 6) is -2.63. The minimum atomic E-state index is -1.20. The molecule has 0 atom stereocenters. The van der Waals surface area contributed by atoms with E-state index in [0.29, 0.717) is 34.9 Å². The van der Waals surface area contributed by atoms with E-state index < -0.39 is 23.0 Å². The van der Waals surface area contributed by atoms with E-state index in [-0.39, 0.29) is 47.2 Å². The Morgan fingerprint density at radius 1 is 0.872 bits per heavy atom. The van der Waals surface area contributed by atoms with Crippen LogP contribution in [0.25, 0.3) is 10.9 Å². The first-order chi connectivity index (χ1) is 18.7. The van der Waals surface area contributed by atoms with E-state index in [4.69, 9.17) is 9.47 Å². The van der Waals surface area contributed by atoms with Crippen molar-refractivity contribution in [3.8, 4) is 17.2 Å². The summed E-state index contributed by atoms with van der Waals surface area (Å²) >= 11 is 0. The molecule has 1 aliphatic rings. The molecule has 1 aliphatic carbocycles. The number of pyridine rings is 1. The van der Waals surface area contributed by atoms with Gasteiger partial charge in [-0.15, -0.1) is 0 Å². The first kappa shape index (κ1) is 26.0. The van der Waals surface area contributed by atoms with Gasteiger partial charge in [0, 0.05) is 30.5 Å². The van der Waals surface area contributed by atoms with Crippen molar-refractivity contribution in [2.45, 2.75) is 25.7 Å². The number of hydrogen-bond acceptors (Lipinski definition) is 6. The van der Waals surface area contributed by atoms with Crippen molar-refractivity contribution in [2.24, 2.45) is 5.41 Å². The predicted octanol–water partition coefficient (Wildman–Crippen LogP) is 5.72. The van der Waals surface area contributed by atoms with Crippen molar-refractivity contribution in [2.75, 3.05) is 7.11 Å². The number of halogens is 2. The topological polar surface area (TPSA) is 103 Å². The van der Waals surface area contributed by atoms with Crippen molar-refractivity contribution in [3.05, 3.63) is 95.2 Å². The molecule has 4 aromatic rings. The average Bonchev–Trinajstić information content (AvgIpc) is 3.73. The zero-order valence-corrected chi connectivity index (χ0v) is 20.9. The summed E-state index contributed by atoms with van der Waals surface area (Å²) in [4.78, 5) is 41.8. The lowest BCUT2D eigenvalue weighted by Crippen LogP contribution is -2.28. The van der Waals surface area contributed by atoms with Gasteiger partial charge in [-0.25, -0.2) is 13.6 Å². The van der Waals surface area contributed by atoms with Crippen LogP contribution in [0, 0.1) is 17.0 Å². The van der Waals surface area contributed by atoms with Crippen LogP contribution in [0.1, 0.15) is 34.3 Å². The molecule has 5 rings (SSSR count). The molecule has 0 unspecified atom stereocenters. The largest absolute Gasteiger partial charge is 0.496 e. The van der Waals surface area contributed by atoms with Crippen molar-refractivity contribution < 1.29 is 37.7 Å². The molecule has 0 bridgehead atoms. The first-order valence-electron chi connectivity index (χ1n) is 12.2. The molecule has 1 fully saturated rings. The van der Waals surface area contributed by atoms with Crippen molar-refractivity contribution in [1.82, 2.24) is 4.98 Å². The van der Waals surface area contributed by atoms with Crippen LogP contribution in [0.2, 0.25) is 0 Å². The molecule has 7 nitrogen and oxygen atoms in total. The summed E-state index contributed by atoms with van der Waals surface area (Å²) in [6.45, 7) is 0. The Hall–Kier alpha value is -4.66. The molecule has 9 heteroatoms. The Labute approximate surface area is 222 Å². The molecule has 0 radical (unpaired) electrons. The highest BCUT2D eigenvalue weighted by atomic mass is 19.1. The van der Waals surface area contributed by atoms with Crippen LogP contribution in [-0.4, -0.2) is 34.7 Å². The fraction of sp³-hybridized carbons (Fsp3) is 0.200. The number of hydrogen-bond donors (Lipinski definition) is 1. The van der Waals surface area contributed by atoms with Crippen LogP contribution in [-0.2, 0) is 22.4 Å². The monoisotopic (exact) mass is 531 g/mol. The molecule has 0 saturated heterocycles. The summed E-state index contributed by atoms with van der Waals surface area (Å²) in [6.07, 6.45) is 2.23. The zero-order chi connectivity index (χ0) is 27.7. The van der Waals surface area contributed by atoms with E-state index in [1.54, 1.807) is 6.07 Å². The molecule has 39 heavy (non-hydrogen) atoms. The quantitative estimate of drug-likeness (QED) is 0.261. The van der Waals surface area contributed by atoms with Crippen molar-refractivity contribution in [1.29, 1.82) is 0 Å². The fourth-order valence-corrected chi connectivity index (χ4v) is 4.58. The van der Waals surface area contributed by atoms with Gasteiger partial charge in [0.2, 0.25) is 0 Å². The fourth-order valence-electron chi connectivity index (χ4n) is 4.58. The lowest BCUT2D eigenvalue weighted by atomic mass is 9.88. The number of nitrogens with zero attached hydrogens (tertiary/aromatic N) is 1. The van der Waals surface area contributed by atoms with Crippen molar-refractivity contribution >= 4 is 28.4 Å². The van der Waals surface area contributed by atoms with E-state index >= 15 is 4.39 Å².